The molecule has 0 aliphatic rings. The molecule has 2 aromatic heterocycles. The molecule has 2 heterocycles. The molecule has 4 aromatic rings. The Labute approximate surface area is 203 Å². The molecule has 0 unspecified atom stereocenters. The number of anilines is 1. The maximum Gasteiger partial charge on any atom is 0.247 e. The first-order valence-corrected chi connectivity index (χ1v) is 11.0. The lowest BCUT2D eigenvalue weighted by Gasteiger charge is -2.19. The van der Waals surface area contributed by atoms with Gasteiger partial charge in [0, 0.05) is 37.1 Å². The first-order valence-electron chi connectivity index (χ1n) is 11.0. The Morgan fingerprint density at radius 3 is 2.20 bits per heavy atom. The molecule has 0 spiro atoms. The van der Waals surface area contributed by atoms with E-state index in [9.17, 15) is 4.79 Å². The van der Waals surface area contributed by atoms with Gasteiger partial charge in [0.2, 0.25) is 5.91 Å². The van der Waals surface area contributed by atoms with E-state index < -0.39 is 6.04 Å². The number of aromatic nitrogens is 3. The summed E-state index contributed by atoms with van der Waals surface area (Å²) in [7, 11) is 1.85. The third kappa shape index (κ3) is 5.97. The number of nitriles is 2. The summed E-state index contributed by atoms with van der Waals surface area (Å²) in [5.41, 5.74) is 4.78. The third-order valence-corrected chi connectivity index (χ3v) is 5.53. The molecule has 0 aliphatic carbocycles. The normalized spacial score (nSPS) is 11.3. The highest BCUT2D eigenvalue weighted by Gasteiger charge is 2.21. The number of nitrogens with one attached hydrogen (secondary N) is 2. The largest absolute Gasteiger partial charge is 0.309 e. The summed E-state index contributed by atoms with van der Waals surface area (Å²) in [6.45, 7) is 0.539. The Hall–Kier alpha value is -4.79. The zero-order valence-corrected chi connectivity index (χ0v) is 19.1. The minimum absolute atomic E-state index is 0.254. The third-order valence-electron chi connectivity index (χ3n) is 5.53. The zero-order valence-electron chi connectivity index (χ0n) is 19.1. The van der Waals surface area contributed by atoms with E-state index in [1.165, 1.54) is 0 Å². The quantitative estimate of drug-likeness (QED) is 0.413. The minimum atomic E-state index is -0.638. The molecule has 4 rings (SSSR count). The second kappa shape index (κ2) is 10.9. The number of carbonyl (C=O) groups excluding carboxylic acids is 1. The first-order chi connectivity index (χ1) is 17.1. The van der Waals surface area contributed by atoms with E-state index in [0.717, 1.165) is 22.3 Å². The maximum atomic E-state index is 13.2. The summed E-state index contributed by atoms with van der Waals surface area (Å²) in [5.74, 6) is 0.186. The number of rotatable bonds is 8. The van der Waals surface area contributed by atoms with E-state index >= 15 is 0 Å². The van der Waals surface area contributed by atoms with Crippen molar-refractivity contribution in [1.82, 2.24) is 20.1 Å². The number of pyridine rings is 1. The van der Waals surface area contributed by atoms with Gasteiger partial charge in [0.05, 0.1) is 29.5 Å². The van der Waals surface area contributed by atoms with Crippen molar-refractivity contribution in [3.8, 4) is 23.3 Å². The van der Waals surface area contributed by atoms with E-state index in [-0.39, 0.29) is 5.91 Å². The highest BCUT2D eigenvalue weighted by molar-refractivity contribution is 5.95. The van der Waals surface area contributed by atoms with Crippen molar-refractivity contribution in [3.63, 3.8) is 0 Å². The topological polar surface area (TPSA) is 119 Å². The highest BCUT2D eigenvalue weighted by atomic mass is 16.2. The van der Waals surface area contributed by atoms with Crippen molar-refractivity contribution < 1.29 is 4.79 Å². The lowest BCUT2D eigenvalue weighted by atomic mass is 10.0. The fourth-order valence-corrected chi connectivity index (χ4v) is 3.63. The molecule has 8 heteroatoms. The Balaban J connectivity index is 1.46. The maximum absolute atomic E-state index is 13.2. The number of nitrogens with zero attached hydrogens (tertiary/aromatic N) is 5. The molecule has 1 amide bonds. The zero-order chi connectivity index (χ0) is 24.6. The first kappa shape index (κ1) is 23.4. The van der Waals surface area contributed by atoms with Crippen LogP contribution in [-0.4, -0.2) is 27.2 Å². The minimum Gasteiger partial charge on any atom is -0.309 e. The molecular formula is C27H23N7O. The van der Waals surface area contributed by atoms with Crippen LogP contribution in [0.1, 0.15) is 28.3 Å². The monoisotopic (exact) mass is 461 g/mol. The predicted molar refractivity (Wildman–Crippen MR) is 132 cm³/mol. The van der Waals surface area contributed by atoms with Crippen LogP contribution in [0.15, 0.2) is 79.3 Å². The van der Waals surface area contributed by atoms with E-state index in [2.05, 4.69) is 32.9 Å². The average molecular weight is 462 g/mol. The Morgan fingerprint density at radius 1 is 0.943 bits per heavy atom. The van der Waals surface area contributed by atoms with E-state index in [1.807, 2.05) is 31.4 Å². The summed E-state index contributed by atoms with van der Waals surface area (Å²) in [5, 5.41) is 28.4. The Bertz CT molecular complexity index is 1380. The van der Waals surface area contributed by atoms with E-state index in [1.54, 1.807) is 59.5 Å². The van der Waals surface area contributed by atoms with Crippen molar-refractivity contribution in [2.45, 2.75) is 12.5 Å². The molecule has 2 aromatic carbocycles. The van der Waals surface area contributed by atoms with Gasteiger partial charge in [-0.3, -0.25) is 9.48 Å². The number of benzene rings is 2. The lowest BCUT2D eigenvalue weighted by molar-refractivity contribution is -0.118. The van der Waals surface area contributed by atoms with Crippen LogP contribution in [-0.2, 0) is 18.3 Å². The van der Waals surface area contributed by atoms with Gasteiger partial charge in [-0.2, -0.15) is 15.6 Å². The van der Waals surface area contributed by atoms with Crippen LogP contribution in [0.4, 0.5) is 5.82 Å². The molecule has 35 heavy (non-hydrogen) atoms. The van der Waals surface area contributed by atoms with Gasteiger partial charge in [0.1, 0.15) is 11.9 Å². The number of carbonyl (C=O) groups is 1. The van der Waals surface area contributed by atoms with Gasteiger partial charge in [-0.1, -0.05) is 24.3 Å². The van der Waals surface area contributed by atoms with Gasteiger partial charge < -0.3 is 10.6 Å². The van der Waals surface area contributed by atoms with E-state index in [0.29, 0.717) is 29.9 Å². The molecule has 0 saturated carbocycles. The van der Waals surface area contributed by atoms with Gasteiger partial charge >= 0.3 is 0 Å². The summed E-state index contributed by atoms with van der Waals surface area (Å²) < 4.78 is 1.72. The molecule has 0 bridgehead atoms. The SMILES string of the molecule is Cn1cc(-c2ccc(NC(=O)[C@H](NCCc3ccc(C#N)cc3)c3ccc(C#N)cc3)nc2)cn1. The van der Waals surface area contributed by atoms with Crippen molar-refractivity contribution in [2.24, 2.45) is 7.05 Å². The molecule has 0 saturated heterocycles. The molecule has 8 nitrogen and oxygen atoms in total. The van der Waals surface area contributed by atoms with Crippen LogP contribution >= 0.6 is 0 Å². The molecule has 0 fully saturated rings. The van der Waals surface area contributed by atoms with Crippen molar-refractivity contribution in [2.75, 3.05) is 11.9 Å². The van der Waals surface area contributed by atoms with Crippen LogP contribution in [0.25, 0.3) is 11.1 Å². The van der Waals surface area contributed by atoms with Gasteiger partial charge in [0.25, 0.3) is 0 Å². The van der Waals surface area contributed by atoms with Crippen molar-refractivity contribution in [3.05, 3.63) is 102 Å². The van der Waals surface area contributed by atoms with Crippen LogP contribution in [0.2, 0.25) is 0 Å². The van der Waals surface area contributed by atoms with Crippen LogP contribution in [0, 0.1) is 22.7 Å². The second-order valence-corrected chi connectivity index (χ2v) is 8.00. The summed E-state index contributed by atoms with van der Waals surface area (Å²) in [4.78, 5) is 17.6. The van der Waals surface area contributed by atoms with Gasteiger partial charge in [-0.25, -0.2) is 4.98 Å². The molecule has 172 valence electrons. The summed E-state index contributed by atoms with van der Waals surface area (Å²) in [6.07, 6.45) is 6.04. The Morgan fingerprint density at radius 2 is 1.63 bits per heavy atom. The summed E-state index contributed by atoms with van der Waals surface area (Å²) in [6, 6.07) is 21.5. The van der Waals surface area contributed by atoms with Crippen LogP contribution in [0.5, 0.6) is 0 Å². The van der Waals surface area contributed by atoms with Crippen LogP contribution in [0.3, 0.4) is 0 Å². The average Bonchev–Trinajstić information content (AvgIpc) is 3.33. The molecule has 1 atom stereocenters. The molecule has 2 N–H and O–H groups in total. The van der Waals surface area contributed by atoms with Gasteiger partial charge in [-0.15, -0.1) is 0 Å². The highest BCUT2D eigenvalue weighted by Crippen LogP contribution is 2.20. The van der Waals surface area contributed by atoms with Crippen molar-refractivity contribution in [1.29, 1.82) is 10.5 Å². The lowest BCUT2D eigenvalue weighted by Crippen LogP contribution is -2.34. The standard InChI is InChI=1S/C27H23N7O/c1-34-18-24(17-32-34)23-10-11-25(31-16-23)33-27(35)26(22-8-6-21(15-29)7-9-22)30-13-12-19-2-4-20(14-28)5-3-19/h2-11,16-18,26,30H,12-13H2,1H3,(H,31,33,35)/t26-/m1/s1. The number of hydrogen-bond donors (Lipinski definition) is 2. The predicted octanol–water partition coefficient (Wildman–Crippen LogP) is 3.74. The fraction of sp³-hybridized carbons (Fsp3) is 0.148. The van der Waals surface area contributed by atoms with Crippen molar-refractivity contribution >= 4 is 11.7 Å². The van der Waals surface area contributed by atoms with Gasteiger partial charge in [0.15, 0.2) is 0 Å². The van der Waals surface area contributed by atoms with E-state index in [4.69, 9.17) is 10.5 Å². The van der Waals surface area contributed by atoms with Gasteiger partial charge in [-0.05, 0) is 53.9 Å². The summed E-state index contributed by atoms with van der Waals surface area (Å²) >= 11 is 0. The number of hydrogen-bond acceptors (Lipinski definition) is 6. The smallest absolute Gasteiger partial charge is 0.247 e. The molecule has 0 radical (unpaired) electrons. The van der Waals surface area contributed by atoms with Crippen LogP contribution < -0.4 is 10.6 Å². The second-order valence-electron chi connectivity index (χ2n) is 8.00. The fourth-order valence-electron chi connectivity index (χ4n) is 3.63. The Kier molecular flexibility index (Phi) is 7.27. The molecule has 0 aliphatic heterocycles. The number of amides is 1. The number of aryl methyl sites for hydroxylation is 1. The molecular weight excluding hydrogens is 438 g/mol.